The number of benzene rings is 2. The molecule has 4 nitrogen and oxygen atoms in total. The number of ether oxygens (including phenoxy) is 1. The maximum Gasteiger partial charge on any atom is 0.264 e. The van der Waals surface area contributed by atoms with Crippen LogP contribution in [0.15, 0.2) is 51.8 Å². The predicted octanol–water partition coefficient (Wildman–Crippen LogP) is 3.60. The van der Waals surface area contributed by atoms with Crippen molar-refractivity contribution in [2.75, 3.05) is 11.4 Å². The van der Waals surface area contributed by atoms with Crippen molar-refractivity contribution < 1.29 is 13.2 Å². The molecule has 0 N–H and O–H groups in total. The molecule has 0 unspecified atom stereocenters. The predicted molar refractivity (Wildman–Crippen MR) is 90.0 cm³/mol. The van der Waals surface area contributed by atoms with Crippen molar-refractivity contribution in [3.05, 3.63) is 52.5 Å². The Balaban J connectivity index is 2.05. The molecule has 2 aromatic carbocycles. The van der Waals surface area contributed by atoms with Gasteiger partial charge in [0.2, 0.25) is 0 Å². The van der Waals surface area contributed by atoms with Gasteiger partial charge in [0, 0.05) is 10.5 Å². The molecule has 1 atom stereocenters. The highest BCUT2D eigenvalue weighted by molar-refractivity contribution is 9.10. The average Bonchev–Trinajstić information content (AvgIpc) is 2.82. The minimum Gasteiger partial charge on any atom is -0.497 e. The molecular formula is C16H16BrNO3S. The number of methoxy groups -OCH3 is 1. The zero-order chi connectivity index (χ0) is 15.9. The molecule has 1 heterocycles. The summed E-state index contributed by atoms with van der Waals surface area (Å²) >= 11 is 3.43. The van der Waals surface area contributed by atoms with Gasteiger partial charge < -0.3 is 4.74 Å². The number of nitrogens with zero attached hydrogens (tertiary/aromatic N) is 1. The van der Waals surface area contributed by atoms with Crippen molar-refractivity contribution >= 4 is 31.6 Å². The van der Waals surface area contributed by atoms with Crippen molar-refractivity contribution in [1.29, 1.82) is 0 Å². The molecule has 0 saturated carbocycles. The lowest BCUT2D eigenvalue weighted by Gasteiger charge is -2.24. The van der Waals surface area contributed by atoms with Crippen LogP contribution in [0.3, 0.4) is 0 Å². The summed E-state index contributed by atoms with van der Waals surface area (Å²) in [5, 5.41) is 0. The summed E-state index contributed by atoms with van der Waals surface area (Å²) < 4.78 is 33.5. The van der Waals surface area contributed by atoms with Crippen LogP contribution < -0.4 is 9.04 Å². The molecular weight excluding hydrogens is 366 g/mol. The van der Waals surface area contributed by atoms with Crippen molar-refractivity contribution in [3.8, 4) is 5.75 Å². The van der Waals surface area contributed by atoms with Crippen LogP contribution in [0.2, 0.25) is 0 Å². The van der Waals surface area contributed by atoms with E-state index in [4.69, 9.17) is 4.74 Å². The molecule has 0 saturated heterocycles. The molecule has 0 aliphatic carbocycles. The summed E-state index contributed by atoms with van der Waals surface area (Å²) in [4.78, 5) is 0.274. The lowest BCUT2D eigenvalue weighted by atomic mass is 10.1. The van der Waals surface area contributed by atoms with Gasteiger partial charge in [-0.2, -0.15) is 0 Å². The summed E-state index contributed by atoms with van der Waals surface area (Å²) in [5.74, 6) is 0.637. The van der Waals surface area contributed by atoms with Gasteiger partial charge in [-0.25, -0.2) is 8.42 Å². The van der Waals surface area contributed by atoms with E-state index in [2.05, 4.69) is 15.9 Å². The highest BCUT2D eigenvalue weighted by Crippen LogP contribution is 2.38. The lowest BCUT2D eigenvalue weighted by Crippen LogP contribution is -2.35. The summed E-state index contributed by atoms with van der Waals surface area (Å²) in [6, 6.07) is 12.1. The van der Waals surface area contributed by atoms with Crippen molar-refractivity contribution in [2.24, 2.45) is 0 Å². The topological polar surface area (TPSA) is 46.6 Å². The van der Waals surface area contributed by atoms with E-state index in [9.17, 15) is 8.42 Å². The Hall–Kier alpha value is -1.53. The molecule has 0 aromatic heterocycles. The first-order valence-electron chi connectivity index (χ1n) is 6.90. The van der Waals surface area contributed by atoms with Gasteiger partial charge in [-0.15, -0.1) is 0 Å². The van der Waals surface area contributed by atoms with Gasteiger partial charge in [0.05, 0.1) is 17.7 Å². The van der Waals surface area contributed by atoms with Gasteiger partial charge in [-0.05, 0) is 61.4 Å². The molecule has 0 spiro atoms. The smallest absolute Gasteiger partial charge is 0.264 e. The largest absolute Gasteiger partial charge is 0.497 e. The van der Waals surface area contributed by atoms with Crippen LogP contribution in [0.4, 0.5) is 5.69 Å². The first-order valence-corrected chi connectivity index (χ1v) is 9.13. The van der Waals surface area contributed by atoms with E-state index >= 15 is 0 Å². The molecule has 3 rings (SSSR count). The molecule has 0 amide bonds. The Kier molecular flexibility index (Phi) is 3.91. The fourth-order valence-corrected chi connectivity index (χ4v) is 4.90. The van der Waals surface area contributed by atoms with E-state index in [1.165, 1.54) is 4.31 Å². The number of hydrogen-bond acceptors (Lipinski definition) is 3. The maximum atomic E-state index is 13.0. The third-order valence-corrected chi connectivity index (χ3v) is 6.25. The summed E-state index contributed by atoms with van der Waals surface area (Å²) in [7, 11) is -2.02. The molecule has 6 heteroatoms. The van der Waals surface area contributed by atoms with Gasteiger partial charge >= 0.3 is 0 Å². The maximum absolute atomic E-state index is 13.0. The fraction of sp³-hybridized carbons (Fsp3) is 0.250. The number of rotatable bonds is 3. The summed E-state index contributed by atoms with van der Waals surface area (Å²) in [6.45, 7) is 1.93. The minimum absolute atomic E-state index is 0.101. The van der Waals surface area contributed by atoms with E-state index in [0.29, 0.717) is 12.2 Å². The average molecular weight is 382 g/mol. The first-order chi connectivity index (χ1) is 10.4. The fourth-order valence-electron chi connectivity index (χ4n) is 2.80. The number of fused-ring (bicyclic) bond motifs is 1. The van der Waals surface area contributed by atoms with Crippen LogP contribution in [0.25, 0.3) is 0 Å². The van der Waals surface area contributed by atoms with Gasteiger partial charge in [-0.3, -0.25) is 4.31 Å². The highest BCUT2D eigenvalue weighted by atomic mass is 79.9. The second kappa shape index (κ2) is 5.59. The van der Waals surface area contributed by atoms with Crippen molar-refractivity contribution in [3.63, 3.8) is 0 Å². The molecule has 116 valence electrons. The Morgan fingerprint density at radius 3 is 2.50 bits per heavy atom. The zero-order valence-corrected chi connectivity index (χ0v) is 14.7. The first kappa shape index (κ1) is 15.4. The van der Waals surface area contributed by atoms with Crippen LogP contribution >= 0.6 is 15.9 Å². The number of halogens is 1. The second-order valence-corrected chi connectivity index (χ2v) is 8.03. The van der Waals surface area contributed by atoms with Gasteiger partial charge in [0.15, 0.2) is 0 Å². The number of anilines is 1. The molecule has 1 aliphatic heterocycles. The molecule has 0 fully saturated rings. The van der Waals surface area contributed by atoms with Crippen LogP contribution in [0, 0.1) is 0 Å². The minimum atomic E-state index is -3.58. The molecule has 0 radical (unpaired) electrons. The third-order valence-electron chi connectivity index (χ3n) is 3.81. The van der Waals surface area contributed by atoms with Crippen molar-refractivity contribution in [1.82, 2.24) is 0 Å². The Morgan fingerprint density at radius 2 is 1.86 bits per heavy atom. The summed E-state index contributed by atoms with van der Waals surface area (Å²) in [5.41, 5.74) is 1.80. The van der Waals surface area contributed by atoms with E-state index in [1.54, 1.807) is 31.4 Å². The van der Waals surface area contributed by atoms with Gasteiger partial charge in [0.25, 0.3) is 10.0 Å². The van der Waals surface area contributed by atoms with Crippen LogP contribution in [-0.4, -0.2) is 21.6 Å². The Bertz CT molecular complexity index is 803. The van der Waals surface area contributed by atoms with E-state index in [0.717, 1.165) is 15.7 Å². The van der Waals surface area contributed by atoms with E-state index in [1.807, 2.05) is 25.1 Å². The van der Waals surface area contributed by atoms with E-state index in [-0.39, 0.29) is 10.9 Å². The van der Waals surface area contributed by atoms with Crippen LogP contribution in [-0.2, 0) is 16.4 Å². The molecule has 2 aromatic rings. The van der Waals surface area contributed by atoms with E-state index < -0.39 is 10.0 Å². The molecule has 1 aliphatic rings. The standard InChI is InChI=1S/C16H16BrNO3S/c1-11-9-12-10-13(17)3-8-16(12)18(11)22(19,20)15-6-4-14(21-2)5-7-15/h3-8,10-11H,9H2,1-2H3/t11-/m1/s1. The van der Waals surface area contributed by atoms with Gasteiger partial charge in [-0.1, -0.05) is 15.9 Å². The quantitative estimate of drug-likeness (QED) is 0.815. The SMILES string of the molecule is COc1ccc(S(=O)(=O)N2c3ccc(Br)cc3C[C@H]2C)cc1. The zero-order valence-electron chi connectivity index (χ0n) is 12.3. The monoisotopic (exact) mass is 381 g/mol. The Morgan fingerprint density at radius 1 is 1.18 bits per heavy atom. The lowest BCUT2D eigenvalue weighted by molar-refractivity contribution is 0.414. The van der Waals surface area contributed by atoms with Crippen molar-refractivity contribution in [2.45, 2.75) is 24.3 Å². The second-order valence-electron chi connectivity index (χ2n) is 5.30. The Labute approximate surface area is 138 Å². The highest BCUT2D eigenvalue weighted by Gasteiger charge is 2.36. The van der Waals surface area contributed by atoms with Crippen LogP contribution in [0.1, 0.15) is 12.5 Å². The number of hydrogen-bond donors (Lipinski definition) is 0. The molecule has 22 heavy (non-hydrogen) atoms. The van der Waals surface area contributed by atoms with Gasteiger partial charge in [0.1, 0.15) is 5.75 Å². The van der Waals surface area contributed by atoms with Crippen LogP contribution in [0.5, 0.6) is 5.75 Å². The summed E-state index contributed by atoms with van der Waals surface area (Å²) in [6.07, 6.45) is 0.712. The third kappa shape index (κ3) is 2.50. The normalized spacial score (nSPS) is 17.4. The number of sulfonamides is 1. The molecule has 0 bridgehead atoms.